The van der Waals surface area contributed by atoms with E-state index in [-0.39, 0.29) is 12.4 Å². The van der Waals surface area contributed by atoms with Crippen molar-refractivity contribution < 1.29 is 4.79 Å². The summed E-state index contributed by atoms with van der Waals surface area (Å²) in [5.41, 5.74) is 5.65. The summed E-state index contributed by atoms with van der Waals surface area (Å²) in [4.78, 5) is 10.9. The first-order valence-electron chi connectivity index (χ1n) is 5.28. The zero-order chi connectivity index (χ0) is 10.7. The molecule has 0 spiro atoms. The molecule has 0 bridgehead atoms. The number of amides is 1. The molecule has 1 aliphatic heterocycles. The SMILES string of the molecule is Cl.NC(=O)c1cnn(CC2CCNCC2)c1. The van der Waals surface area contributed by atoms with Crippen LogP contribution in [0.4, 0.5) is 0 Å². The van der Waals surface area contributed by atoms with Gasteiger partial charge in [-0.25, -0.2) is 0 Å². The Morgan fingerprint density at radius 1 is 1.56 bits per heavy atom. The van der Waals surface area contributed by atoms with Crippen molar-refractivity contribution in [3.05, 3.63) is 18.0 Å². The maximum atomic E-state index is 10.9. The van der Waals surface area contributed by atoms with Crippen LogP contribution in [0.15, 0.2) is 12.4 Å². The van der Waals surface area contributed by atoms with Crippen LogP contribution in [-0.2, 0) is 6.54 Å². The standard InChI is InChI=1S/C10H16N4O.ClH/c11-10(15)9-5-13-14(7-9)6-8-1-3-12-4-2-8;/h5,7-8,12H,1-4,6H2,(H2,11,15);1H. The molecular weight excluding hydrogens is 228 g/mol. The Labute approximate surface area is 101 Å². The topological polar surface area (TPSA) is 72.9 Å². The molecule has 2 rings (SSSR count). The highest BCUT2D eigenvalue weighted by Gasteiger charge is 2.14. The zero-order valence-corrected chi connectivity index (χ0v) is 9.87. The van der Waals surface area contributed by atoms with Crippen LogP contribution in [0.2, 0.25) is 0 Å². The fraction of sp³-hybridized carbons (Fsp3) is 0.600. The molecule has 0 unspecified atom stereocenters. The third kappa shape index (κ3) is 3.21. The Morgan fingerprint density at radius 3 is 2.81 bits per heavy atom. The van der Waals surface area contributed by atoms with E-state index in [0.717, 1.165) is 19.6 Å². The van der Waals surface area contributed by atoms with Crippen molar-refractivity contribution in [1.82, 2.24) is 15.1 Å². The van der Waals surface area contributed by atoms with Gasteiger partial charge in [-0.05, 0) is 31.8 Å². The number of nitrogens with one attached hydrogen (secondary N) is 1. The molecule has 90 valence electrons. The van der Waals surface area contributed by atoms with E-state index in [1.54, 1.807) is 6.20 Å². The predicted octanol–water partition coefficient (Wildman–Crippen LogP) is 0.403. The van der Waals surface area contributed by atoms with Crippen LogP contribution < -0.4 is 11.1 Å². The van der Waals surface area contributed by atoms with Crippen LogP contribution in [0.25, 0.3) is 0 Å². The lowest BCUT2D eigenvalue weighted by molar-refractivity contribution is 0.1000. The summed E-state index contributed by atoms with van der Waals surface area (Å²) in [6.45, 7) is 3.04. The van der Waals surface area contributed by atoms with Crippen LogP contribution in [0.5, 0.6) is 0 Å². The minimum atomic E-state index is -0.411. The van der Waals surface area contributed by atoms with Crippen LogP contribution >= 0.6 is 12.4 Å². The van der Waals surface area contributed by atoms with Crippen LogP contribution in [0.1, 0.15) is 23.2 Å². The molecular formula is C10H17ClN4O. The largest absolute Gasteiger partial charge is 0.366 e. The number of primary amides is 1. The monoisotopic (exact) mass is 244 g/mol. The molecule has 1 aromatic rings. The number of hydrogen-bond donors (Lipinski definition) is 2. The first kappa shape index (κ1) is 13.0. The summed E-state index contributed by atoms with van der Waals surface area (Å²) >= 11 is 0. The molecule has 1 saturated heterocycles. The van der Waals surface area contributed by atoms with Gasteiger partial charge in [-0.2, -0.15) is 5.10 Å². The first-order valence-corrected chi connectivity index (χ1v) is 5.28. The van der Waals surface area contributed by atoms with Crippen LogP contribution in [0, 0.1) is 5.92 Å². The Hall–Kier alpha value is -1.07. The summed E-state index contributed by atoms with van der Waals surface area (Å²) in [6.07, 6.45) is 5.60. The van der Waals surface area contributed by atoms with Gasteiger partial charge in [-0.1, -0.05) is 0 Å². The molecule has 2 heterocycles. The van der Waals surface area contributed by atoms with Gasteiger partial charge >= 0.3 is 0 Å². The van der Waals surface area contributed by atoms with E-state index in [1.807, 2.05) is 4.68 Å². The van der Waals surface area contributed by atoms with E-state index in [2.05, 4.69) is 10.4 Å². The van der Waals surface area contributed by atoms with E-state index < -0.39 is 5.91 Å². The Balaban J connectivity index is 0.00000128. The second-order valence-electron chi connectivity index (χ2n) is 4.01. The fourth-order valence-corrected chi connectivity index (χ4v) is 1.92. The number of carbonyl (C=O) groups excluding carboxylic acids is 1. The maximum absolute atomic E-state index is 10.9. The normalized spacial score (nSPS) is 16.8. The molecule has 3 N–H and O–H groups in total. The summed E-state index contributed by atoms with van der Waals surface area (Å²) in [6, 6.07) is 0. The lowest BCUT2D eigenvalue weighted by Gasteiger charge is -2.22. The average molecular weight is 245 g/mol. The van der Waals surface area contributed by atoms with Crippen molar-refractivity contribution in [3.63, 3.8) is 0 Å². The van der Waals surface area contributed by atoms with Gasteiger partial charge in [0.05, 0.1) is 11.8 Å². The Kier molecular flexibility index (Phi) is 4.76. The highest BCUT2D eigenvalue weighted by Crippen LogP contribution is 2.13. The van der Waals surface area contributed by atoms with E-state index in [1.165, 1.54) is 19.0 Å². The molecule has 0 saturated carbocycles. The predicted molar refractivity (Wildman–Crippen MR) is 63.6 cm³/mol. The number of hydrogen-bond acceptors (Lipinski definition) is 3. The third-order valence-electron chi connectivity index (χ3n) is 2.82. The Bertz CT molecular complexity index is 346. The van der Waals surface area contributed by atoms with E-state index >= 15 is 0 Å². The van der Waals surface area contributed by atoms with Crippen molar-refractivity contribution in [2.24, 2.45) is 11.7 Å². The molecule has 1 fully saturated rings. The zero-order valence-electron chi connectivity index (χ0n) is 9.06. The molecule has 5 nitrogen and oxygen atoms in total. The summed E-state index contributed by atoms with van der Waals surface area (Å²) in [5.74, 6) is 0.249. The number of piperidine rings is 1. The second-order valence-corrected chi connectivity index (χ2v) is 4.01. The van der Waals surface area contributed by atoms with Gasteiger partial charge in [0, 0.05) is 12.7 Å². The average Bonchev–Trinajstić information content (AvgIpc) is 2.68. The molecule has 16 heavy (non-hydrogen) atoms. The third-order valence-corrected chi connectivity index (χ3v) is 2.82. The number of aromatic nitrogens is 2. The second kappa shape index (κ2) is 5.86. The molecule has 0 aliphatic carbocycles. The van der Waals surface area contributed by atoms with E-state index in [0.29, 0.717) is 11.5 Å². The summed E-state index contributed by atoms with van der Waals surface area (Å²) in [5, 5.41) is 7.45. The minimum absolute atomic E-state index is 0. The van der Waals surface area contributed by atoms with Crippen LogP contribution in [0.3, 0.4) is 0 Å². The van der Waals surface area contributed by atoms with Crippen LogP contribution in [-0.4, -0.2) is 28.8 Å². The van der Waals surface area contributed by atoms with Crippen molar-refractivity contribution in [2.45, 2.75) is 19.4 Å². The van der Waals surface area contributed by atoms with Gasteiger partial charge < -0.3 is 11.1 Å². The smallest absolute Gasteiger partial charge is 0.251 e. The molecule has 0 radical (unpaired) electrons. The number of nitrogens with zero attached hydrogens (tertiary/aromatic N) is 2. The first-order chi connectivity index (χ1) is 7.25. The van der Waals surface area contributed by atoms with Gasteiger partial charge in [0.15, 0.2) is 0 Å². The molecule has 6 heteroatoms. The lowest BCUT2D eigenvalue weighted by Crippen LogP contribution is -2.30. The maximum Gasteiger partial charge on any atom is 0.251 e. The van der Waals surface area contributed by atoms with Crippen molar-refractivity contribution in [2.75, 3.05) is 13.1 Å². The molecule has 1 amide bonds. The highest BCUT2D eigenvalue weighted by molar-refractivity contribution is 5.92. The number of halogens is 1. The van der Waals surface area contributed by atoms with Crippen molar-refractivity contribution >= 4 is 18.3 Å². The lowest BCUT2D eigenvalue weighted by atomic mass is 9.98. The minimum Gasteiger partial charge on any atom is -0.366 e. The molecule has 0 aromatic carbocycles. The summed E-state index contributed by atoms with van der Waals surface area (Å²) in [7, 11) is 0. The highest BCUT2D eigenvalue weighted by atomic mass is 35.5. The van der Waals surface area contributed by atoms with Gasteiger partial charge in [-0.15, -0.1) is 12.4 Å². The van der Waals surface area contributed by atoms with Crippen molar-refractivity contribution in [3.8, 4) is 0 Å². The van der Waals surface area contributed by atoms with Crippen molar-refractivity contribution in [1.29, 1.82) is 0 Å². The van der Waals surface area contributed by atoms with Gasteiger partial charge in [-0.3, -0.25) is 9.48 Å². The van der Waals surface area contributed by atoms with Gasteiger partial charge in [0.2, 0.25) is 0 Å². The molecule has 1 aromatic heterocycles. The summed E-state index contributed by atoms with van der Waals surface area (Å²) < 4.78 is 1.82. The number of nitrogens with two attached hydrogens (primary N) is 1. The number of rotatable bonds is 3. The molecule has 1 aliphatic rings. The number of carbonyl (C=O) groups is 1. The van der Waals surface area contributed by atoms with E-state index in [9.17, 15) is 4.79 Å². The Morgan fingerprint density at radius 2 is 2.25 bits per heavy atom. The van der Waals surface area contributed by atoms with Gasteiger partial charge in [0.1, 0.15) is 0 Å². The quantitative estimate of drug-likeness (QED) is 0.809. The van der Waals surface area contributed by atoms with Gasteiger partial charge in [0.25, 0.3) is 5.91 Å². The molecule has 0 atom stereocenters. The fourth-order valence-electron chi connectivity index (χ4n) is 1.92. The van der Waals surface area contributed by atoms with E-state index in [4.69, 9.17) is 5.73 Å².